The summed E-state index contributed by atoms with van der Waals surface area (Å²) in [6.07, 6.45) is 1.34. The molecule has 0 spiro atoms. The van der Waals surface area contributed by atoms with Gasteiger partial charge in [0, 0.05) is 11.6 Å². The molecular weight excluding hydrogens is 421 g/mol. The van der Waals surface area contributed by atoms with Gasteiger partial charge in [-0.05, 0) is 60.7 Å². The van der Waals surface area contributed by atoms with Crippen LogP contribution in [0.25, 0.3) is 0 Å². The molecule has 1 unspecified atom stereocenters. The zero-order valence-electron chi connectivity index (χ0n) is 15.0. The van der Waals surface area contributed by atoms with Crippen molar-refractivity contribution in [1.29, 1.82) is 0 Å². The normalized spacial score (nSPS) is 12.3. The van der Waals surface area contributed by atoms with E-state index in [2.05, 4.69) is 5.32 Å². The maximum absolute atomic E-state index is 13.2. The van der Waals surface area contributed by atoms with Crippen LogP contribution in [0.15, 0.2) is 76.2 Å². The van der Waals surface area contributed by atoms with Gasteiger partial charge in [-0.25, -0.2) is 12.8 Å². The minimum atomic E-state index is -3.94. The van der Waals surface area contributed by atoms with Gasteiger partial charge in [-0.2, -0.15) is 0 Å². The average Bonchev–Trinajstić information content (AvgIpc) is 3.22. The van der Waals surface area contributed by atoms with Crippen molar-refractivity contribution in [1.82, 2.24) is 5.32 Å². The SMILES string of the molecule is O=C(COc1ccc(Cl)cc1)NCC(c1ccco1)S(=O)(=O)c1ccc(F)cc1. The molecule has 3 rings (SSSR count). The summed E-state index contributed by atoms with van der Waals surface area (Å²) in [5.41, 5.74) is 0. The summed E-state index contributed by atoms with van der Waals surface area (Å²) in [5, 5.41) is 1.89. The van der Waals surface area contributed by atoms with E-state index in [-0.39, 0.29) is 23.8 Å². The van der Waals surface area contributed by atoms with Gasteiger partial charge < -0.3 is 14.5 Å². The summed E-state index contributed by atoms with van der Waals surface area (Å²) >= 11 is 5.79. The molecule has 0 aliphatic heterocycles. The van der Waals surface area contributed by atoms with E-state index in [1.165, 1.54) is 24.5 Å². The maximum Gasteiger partial charge on any atom is 0.257 e. The second-order valence-corrected chi connectivity index (χ2v) is 8.62. The molecule has 1 atom stereocenters. The minimum Gasteiger partial charge on any atom is -0.484 e. The molecule has 0 saturated carbocycles. The van der Waals surface area contributed by atoms with Crippen molar-refractivity contribution in [3.8, 4) is 5.75 Å². The summed E-state index contributed by atoms with van der Waals surface area (Å²) in [4.78, 5) is 12.1. The predicted molar refractivity (Wildman–Crippen MR) is 105 cm³/mol. The van der Waals surface area contributed by atoms with Crippen molar-refractivity contribution in [2.24, 2.45) is 0 Å². The molecule has 0 fully saturated rings. The molecule has 0 aliphatic carbocycles. The number of hydrogen-bond donors (Lipinski definition) is 1. The smallest absolute Gasteiger partial charge is 0.257 e. The Morgan fingerprint density at radius 3 is 2.41 bits per heavy atom. The number of amides is 1. The highest BCUT2D eigenvalue weighted by Crippen LogP contribution is 2.29. The van der Waals surface area contributed by atoms with E-state index in [9.17, 15) is 17.6 Å². The molecule has 1 amide bonds. The third kappa shape index (κ3) is 5.36. The monoisotopic (exact) mass is 437 g/mol. The Morgan fingerprint density at radius 1 is 1.10 bits per heavy atom. The molecule has 6 nitrogen and oxygen atoms in total. The third-order valence-electron chi connectivity index (χ3n) is 4.05. The Balaban J connectivity index is 1.69. The van der Waals surface area contributed by atoms with Crippen molar-refractivity contribution in [3.63, 3.8) is 0 Å². The lowest BCUT2D eigenvalue weighted by Gasteiger charge is -2.17. The van der Waals surface area contributed by atoms with Crippen LogP contribution in [-0.4, -0.2) is 27.5 Å². The van der Waals surface area contributed by atoms with Gasteiger partial charge in [-0.15, -0.1) is 0 Å². The van der Waals surface area contributed by atoms with Crippen LogP contribution in [0.2, 0.25) is 5.02 Å². The average molecular weight is 438 g/mol. The lowest BCUT2D eigenvalue weighted by molar-refractivity contribution is -0.123. The number of ether oxygens (including phenoxy) is 1. The molecule has 0 radical (unpaired) electrons. The van der Waals surface area contributed by atoms with E-state index in [1.54, 1.807) is 30.3 Å². The van der Waals surface area contributed by atoms with Crippen LogP contribution in [-0.2, 0) is 14.6 Å². The lowest BCUT2D eigenvalue weighted by atomic mass is 10.3. The Kier molecular flexibility index (Phi) is 6.56. The van der Waals surface area contributed by atoms with Gasteiger partial charge in [-0.1, -0.05) is 11.6 Å². The van der Waals surface area contributed by atoms with Gasteiger partial charge in [0.15, 0.2) is 16.4 Å². The molecule has 9 heteroatoms. The molecule has 1 N–H and O–H groups in total. The first-order valence-corrected chi connectivity index (χ1v) is 10.5. The number of benzene rings is 2. The highest BCUT2D eigenvalue weighted by molar-refractivity contribution is 7.91. The first-order chi connectivity index (χ1) is 13.9. The molecule has 0 saturated heterocycles. The zero-order chi connectivity index (χ0) is 20.9. The second kappa shape index (κ2) is 9.11. The van der Waals surface area contributed by atoms with Crippen LogP contribution in [0, 0.1) is 5.82 Å². The number of carbonyl (C=O) groups excluding carboxylic acids is 1. The quantitative estimate of drug-likeness (QED) is 0.542. The third-order valence-corrected chi connectivity index (χ3v) is 6.37. The van der Waals surface area contributed by atoms with E-state index in [4.69, 9.17) is 20.8 Å². The molecule has 152 valence electrons. The molecule has 1 aromatic heterocycles. The maximum atomic E-state index is 13.2. The van der Waals surface area contributed by atoms with Crippen molar-refractivity contribution in [2.45, 2.75) is 10.1 Å². The Labute approximate surface area is 172 Å². The van der Waals surface area contributed by atoms with Gasteiger partial charge >= 0.3 is 0 Å². The van der Waals surface area contributed by atoms with E-state index in [0.29, 0.717) is 10.8 Å². The van der Waals surface area contributed by atoms with Crippen molar-refractivity contribution < 1.29 is 26.8 Å². The minimum absolute atomic E-state index is 0.0769. The van der Waals surface area contributed by atoms with Crippen LogP contribution in [0.5, 0.6) is 5.75 Å². The van der Waals surface area contributed by atoms with Crippen molar-refractivity contribution in [2.75, 3.05) is 13.2 Å². The second-order valence-electron chi connectivity index (χ2n) is 6.05. The van der Waals surface area contributed by atoms with Gasteiger partial charge in [0.1, 0.15) is 22.6 Å². The zero-order valence-corrected chi connectivity index (χ0v) is 16.6. The molecule has 3 aromatic rings. The van der Waals surface area contributed by atoms with Gasteiger partial charge in [0.25, 0.3) is 5.91 Å². The van der Waals surface area contributed by atoms with E-state index in [0.717, 1.165) is 12.1 Å². The lowest BCUT2D eigenvalue weighted by Crippen LogP contribution is -2.34. The Morgan fingerprint density at radius 2 is 1.79 bits per heavy atom. The fourth-order valence-corrected chi connectivity index (χ4v) is 4.28. The van der Waals surface area contributed by atoms with Crippen LogP contribution in [0.3, 0.4) is 0 Å². The van der Waals surface area contributed by atoms with Crippen molar-refractivity contribution >= 4 is 27.3 Å². The molecule has 0 bridgehead atoms. The number of rotatable bonds is 8. The van der Waals surface area contributed by atoms with Crippen LogP contribution in [0.4, 0.5) is 4.39 Å². The molecule has 1 heterocycles. The van der Waals surface area contributed by atoms with Gasteiger partial charge in [0.2, 0.25) is 0 Å². The number of hydrogen-bond acceptors (Lipinski definition) is 5. The Bertz CT molecular complexity index is 1050. The van der Waals surface area contributed by atoms with E-state index < -0.39 is 26.8 Å². The highest BCUT2D eigenvalue weighted by Gasteiger charge is 2.31. The first kappa shape index (κ1) is 20.9. The standard InChI is InChI=1S/C20H17ClFNO5S/c21-14-3-7-16(8-4-14)28-13-20(24)23-12-19(18-2-1-11-27-18)29(25,26)17-9-5-15(22)6-10-17/h1-11,19H,12-13H2,(H,23,24). The number of halogens is 2. The van der Waals surface area contributed by atoms with E-state index in [1.807, 2.05) is 0 Å². The number of carbonyl (C=O) groups is 1. The first-order valence-electron chi connectivity index (χ1n) is 8.54. The number of sulfone groups is 1. The van der Waals surface area contributed by atoms with Gasteiger partial charge in [-0.3, -0.25) is 4.79 Å². The molecule has 0 aliphatic rings. The summed E-state index contributed by atoms with van der Waals surface area (Å²) in [6.45, 7) is -0.543. The van der Waals surface area contributed by atoms with Crippen LogP contribution in [0.1, 0.15) is 11.0 Å². The summed E-state index contributed by atoms with van der Waals surface area (Å²) in [6, 6.07) is 14.0. The number of furan rings is 1. The molecular formula is C20H17ClFNO5S. The van der Waals surface area contributed by atoms with E-state index >= 15 is 0 Å². The van der Waals surface area contributed by atoms with Crippen LogP contribution >= 0.6 is 11.6 Å². The summed E-state index contributed by atoms with van der Waals surface area (Å²) in [5.74, 6) is -0.448. The Hall–Kier alpha value is -2.84. The fourth-order valence-electron chi connectivity index (χ4n) is 2.56. The molecule has 29 heavy (non-hydrogen) atoms. The highest BCUT2D eigenvalue weighted by atomic mass is 35.5. The molecule has 2 aromatic carbocycles. The fraction of sp³-hybridized carbons (Fsp3) is 0.150. The van der Waals surface area contributed by atoms with Gasteiger partial charge in [0.05, 0.1) is 11.2 Å². The van der Waals surface area contributed by atoms with Crippen molar-refractivity contribution in [3.05, 3.63) is 83.5 Å². The summed E-state index contributed by atoms with van der Waals surface area (Å²) < 4.78 is 49.7. The topological polar surface area (TPSA) is 85.6 Å². The van der Waals surface area contributed by atoms with Crippen LogP contribution < -0.4 is 10.1 Å². The largest absolute Gasteiger partial charge is 0.484 e. The number of nitrogens with one attached hydrogen (secondary N) is 1. The summed E-state index contributed by atoms with van der Waals surface area (Å²) in [7, 11) is -3.94. The predicted octanol–water partition coefficient (Wildman–Crippen LogP) is 3.78.